The molecule has 4 nitrogen and oxygen atoms in total. The summed E-state index contributed by atoms with van der Waals surface area (Å²) in [6.45, 7) is -1.82. The molecule has 0 saturated carbocycles. The van der Waals surface area contributed by atoms with E-state index in [2.05, 4.69) is 9.72 Å². The van der Waals surface area contributed by atoms with Crippen molar-refractivity contribution in [3.8, 4) is 5.75 Å². The van der Waals surface area contributed by atoms with Crippen LogP contribution in [-0.2, 0) is 19.3 Å². The monoisotopic (exact) mass is 290 g/mol. The predicted octanol–water partition coefficient (Wildman–Crippen LogP) is 1.95. The van der Waals surface area contributed by atoms with Crippen LogP contribution in [0.2, 0.25) is 0 Å². The van der Waals surface area contributed by atoms with Crippen LogP contribution in [0.3, 0.4) is 0 Å². The third kappa shape index (κ3) is 3.70. The number of aliphatic hydroxyl groups excluding tert-OH is 1. The number of aromatic nitrogens is 1. The average Bonchev–Trinajstić information content (AvgIpc) is 2.24. The Bertz CT molecular complexity index is 457. The van der Waals surface area contributed by atoms with E-state index in [4.69, 9.17) is 10.8 Å². The molecule has 0 atom stereocenters. The van der Waals surface area contributed by atoms with E-state index in [0.29, 0.717) is 6.20 Å². The number of nitrogens with zero attached hydrogens (tertiary/aromatic N) is 1. The molecule has 0 radical (unpaired) electrons. The normalized spacial score (nSPS) is 12.6. The first kappa shape index (κ1) is 15.5. The standard InChI is InChI=1S/C9H8F6N2O2/c10-8(11,12)6-5(1-16)17-2-4(3-18)7(6)19-9(13,14)15/h2,18H,1,3,16H2. The van der Waals surface area contributed by atoms with Crippen LogP contribution in [0, 0.1) is 0 Å². The van der Waals surface area contributed by atoms with Gasteiger partial charge >= 0.3 is 12.5 Å². The topological polar surface area (TPSA) is 68.4 Å². The highest BCUT2D eigenvalue weighted by Crippen LogP contribution is 2.41. The van der Waals surface area contributed by atoms with Crippen molar-refractivity contribution in [3.63, 3.8) is 0 Å². The van der Waals surface area contributed by atoms with Crippen LogP contribution in [0.25, 0.3) is 0 Å². The first-order chi connectivity index (χ1) is 8.60. The summed E-state index contributed by atoms with van der Waals surface area (Å²) in [4.78, 5) is 3.27. The van der Waals surface area contributed by atoms with Gasteiger partial charge in [0.2, 0.25) is 0 Å². The lowest BCUT2D eigenvalue weighted by molar-refractivity contribution is -0.276. The zero-order valence-electron chi connectivity index (χ0n) is 9.14. The Morgan fingerprint density at radius 1 is 1.21 bits per heavy atom. The molecular formula is C9H8F6N2O2. The van der Waals surface area contributed by atoms with Crippen molar-refractivity contribution in [2.45, 2.75) is 25.7 Å². The summed E-state index contributed by atoms with van der Waals surface area (Å²) in [5.74, 6) is -1.53. The Morgan fingerprint density at radius 3 is 2.16 bits per heavy atom. The zero-order chi connectivity index (χ0) is 14.8. The van der Waals surface area contributed by atoms with Gasteiger partial charge in [0, 0.05) is 18.3 Å². The van der Waals surface area contributed by atoms with Gasteiger partial charge < -0.3 is 15.6 Å². The van der Waals surface area contributed by atoms with Crippen LogP contribution in [-0.4, -0.2) is 16.5 Å². The number of hydrogen-bond acceptors (Lipinski definition) is 4. The molecule has 1 heterocycles. The Labute approximate surface area is 102 Å². The first-order valence-corrected chi connectivity index (χ1v) is 4.74. The molecule has 0 aliphatic heterocycles. The first-order valence-electron chi connectivity index (χ1n) is 4.74. The lowest BCUT2D eigenvalue weighted by Gasteiger charge is -2.19. The summed E-state index contributed by atoms with van der Waals surface area (Å²) in [5, 5.41) is 8.78. The van der Waals surface area contributed by atoms with Gasteiger partial charge in [-0.3, -0.25) is 4.98 Å². The zero-order valence-corrected chi connectivity index (χ0v) is 9.14. The SMILES string of the molecule is NCc1ncc(CO)c(OC(F)(F)F)c1C(F)(F)F. The fourth-order valence-electron chi connectivity index (χ4n) is 1.36. The van der Waals surface area contributed by atoms with Crippen molar-refractivity contribution >= 4 is 0 Å². The second-order valence-electron chi connectivity index (χ2n) is 3.34. The fraction of sp³-hybridized carbons (Fsp3) is 0.444. The van der Waals surface area contributed by atoms with Crippen molar-refractivity contribution < 1.29 is 36.2 Å². The van der Waals surface area contributed by atoms with Crippen LogP contribution >= 0.6 is 0 Å². The summed E-state index contributed by atoms with van der Waals surface area (Å²) in [6.07, 6.45) is -9.83. The summed E-state index contributed by atoms with van der Waals surface area (Å²) >= 11 is 0. The van der Waals surface area contributed by atoms with Crippen LogP contribution in [0.5, 0.6) is 5.75 Å². The third-order valence-corrected chi connectivity index (χ3v) is 2.05. The molecule has 1 aromatic heterocycles. The molecule has 0 bridgehead atoms. The number of halogens is 6. The minimum Gasteiger partial charge on any atom is -0.405 e. The second-order valence-corrected chi connectivity index (χ2v) is 3.34. The van der Waals surface area contributed by atoms with Crippen molar-refractivity contribution in [1.82, 2.24) is 4.98 Å². The highest BCUT2D eigenvalue weighted by Gasteiger charge is 2.42. The van der Waals surface area contributed by atoms with Gasteiger partial charge in [0.1, 0.15) is 5.56 Å². The molecule has 0 aliphatic rings. The number of rotatable bonds is 3. The average molecular weight is 290 g/mol. The van der Waals surface area contributed by atoms with Gasteiger partial charge in [-0.25, -0.2) is 0 Å². The van der Waals surface area contributed by atoms with E-state index in [0.717, 1.165) is 0 Å². The molecule has 0 fully saturated rings. The van der Waals surface area contributed by atoms with E-state index in [1.807, 2.05) is 0 Å². The lowest BCUT2D eigenvalue weighted by Crippen LogP contribution is -2.23. The highest BCUT2D eigenvalue weighted by atomic mass is 19.4. The van der Waals surface area contributed by atoms with E-state index in [1.165, 1.54) is 0 Å². The van der Waals surface area contributed by atoms with Gasteiger partial charge in [-0.1, -0.05) is 0 Å². The number of hydrogen-bond donors (Lipinski definition) is 2. The molecule has 0 amide bonds. The molecule has 10 heteroatoms. The molecular weight excluding hydrogens is 282 g/mol. The second kappa shape index (κ2) is 5.21. The van der Waals surface area contributed by atoms with Crippen molar-refractivity contribution in [1.29, 1.82) is 0 Å². The number of alkyl halides is 6. The summed E-state index contributed by atoms with van der Waals surface area (Å²) in [7, 11) is 0. The van der Waals surface area contributed by atoms with Crippen molar-refractivity contribution in [2.75, 3.05) is 0 Å². The van der Waals surface area contributed by atoms with Crippen LogP contribution in [0.4, 0.5) is 26.3 Å². The van der Waals surface area contributed by atoms with Gasteiger partial charge in [-0.05, 0) is 0 Å². The quantitative estimate of drug-likeness (QED) is 0.835. The van der Waals surface area contributed by atoms with E-state index in [9.17, 15) is 26.3 Å². The molecule has 108 valence electrons. The number of pyridine rings is 1. The molecule has 0 aliphatic carbocycles. The molecule has 19 heavy (non-hydrogen) atoms. The van der Waals surface area contributed by atoms with Gasteiger partial charge in [-0.2, -0.15) is 13.2 Å². The van der Waals surface area contributed by atoms with E-state index in [-0.39, 0.29) is 0 Å². The molecule has 1 aromatic rings. The predicted molar refractivity (Wildman–Crippen MR) is 49.7 cm³/mol. The Morgan fingerprint density at radius 2 is 1.79 bits per heavy atom. The Hall–Kier alpha value is -1.55. The summed E-state index contributed by atoms with van der Waals surface area (Å²) < 4.78 is 78.1. The smallest absolute Gasteiger partial charge is 0.405 e. The fourth-order valence-corrected chi connectivity index (χ4v) is 1.36. The van der Waals surface area contributed by atoms with Gasteiger partial charge in [-0.15, -0.1) is 13.2 Å². The van der Waals surface area contributed by atoms with Crippen LogP contribution in [0.15, 0.2) is 6.20 Å². The number of ether oxygens (including phenoxy) is 1. The third-order valence-electron chi connectivity index (χ3n) is 2.05. The number of aliphatic hydroxyl groups is 1. The van der Waals surface area contributed by atoms with E-state index < -0.39 is 48.3 Å². The minimum atomic E-state index is -5.34. The summed E-state index contributed by atoms with van der Waals surface area (Å²) in [5.41, 5.74) is 1.74. The van der Waals surface area contributed by atoms with Crippen molar-refractivity contribution in [2.24, 2.45) is 5.73 Å². The highest BCUT2D eigenvalue weighted by molar-refractivity contribution is 5.44. The largest absolute Gasteiger partial charge is 0.573 e. The molecule has 0 unspecified atom stereocenters. The van der Waals surface area contributed by atoms with E-state index in [1.54, 1.807) is 0 Å². The lowest BCUT2D eigenvalue weighted by atomic mass is 10.1. The molecule has 3 N–H and O–H groups in total. The van der Waals surface area contributed by atoms with Crippen LogP contribution in [0.1, 0.15) is 16.8 Å². The molecule has 0 aromatic carbocycles. The minimum absolute atomic E-state index is 0.651. The van der Waals surface area contributed by atoms with Crippen LogP contribution < -0.4 is 10.5 Å². The molecule has 0 spiro atoms. The van der Waals surface area contributed by atoms with Gasteiger partial charge in [0.15, 0.2) is 5.75 Å². The molecule has 1 rings (SSSR count). The maximum absolute atomic E-state index is 12.8. The summed E-state index contributed by atoms with van der Waals surface area (Å²) in [6, 6.07) is 0. The van der Waals surface area contributed by atoms with Gasteiger partial charge in [0.05, 0.1) is 12.3 Å². The van der Waals surface area contributed by atoms with E-state index >= 15 is 0 Å². The maximum Gasteiger partial charge on any atom is 0.573 e. The molecule has 0 saturated heterocycles. The van der Waals surface area contributed by atoms with Crippen molar-refractivity contribution in [3.05, 3.63) is 23.0 Å². The Kier molecular flexibility index (Phi) is 4.25. The number of nitrogens with two attached hydrogens (primary N) is 1. The van der Waals surface area contributed by atoms with Gasteiger partial charge in [0.25, 0.3) is 0 Å². The Balaban J connectivity index is 3.53. The maximum atomic E-state index is 12.8.